The van der Waals surface area contributed by atoms with Crippen molar-refractivity contribution in [2.45, 2.75) is 52.1 Å². The SMILES string of the molecule is CC1(C)C(=O)C2(CCCCC2)C(=O)O[C@@H]1c1ccccn1. The van der Waals surface area contributed by atoms with Crippen molar-refractivity contribution in [2.75, 3.05) is 0 Å². The predicted molar refractivity (Wildman–Crippen MR) is 77.4 cm³/mol. The molecule has 2 heterocycles. The quantitative estimate of drug-likeness (QED) is 0.588. The number of ether oxygens (including phenoxy) is 1. The Hall–Kier alpha value is -1.71. The fourth-order valence-corrected chi connectivity index (χ4v) is 3.74. The van der Waals surface area contributed by atoms with Crippen LogP contribution < -0.4 is 0 Å². The molecule has 2 fully saturated rings. The Balaban J connectivity index is 1.99. The Bertz CT molecular complexity index is 559. The lowest BCUT2D eigenvalue weighted by atomic mass is 9.60. The van der Waals surface area contributed by atoms with E-state index in [0.29, 0.717) is 18.5 Å². The Morgan fingerprint density at radius 3 is 2.48 bits per heavy atom. The third-order valence-electron chi connectivity index (χ3n) is 4.95. The van der Waals surface area contributed by atoms with E-state index in [1.54, 1.807) is 6.20 Å². The van der Waals surface area contributed by atoms with Gasteiger partial charge in [0.25, 0.3) is 0 Å². The highest BCUT2D eigenvalue weighted by Gasteiger charge is 2.60. The van der Waals surface area contributed by atoms with E-state index in [1.165, 1.54) is 0 Å². The molecule has 4 heteroatoms. The van der Waals surface area contributed by atoms with Gasteiger partial charge >= 0.3 is 5.97 Å². The number of hydrogen-bond donors (Lipinski definition) is 0. The maximum Gasteiger partial charge on any atom is 0.320 e. The van der Waals surface area contributed by atoms with Crippen molar-refractivity contribution in [3.8, 4) is 0 Å². The summed E-state index contributed by atoms with van der Waals surface area (Å²) >= 11 is 0. The molecule has 1 aromatic rings. The van der Waals surface area contributed by atoms with E-state index < -0.39 is 16.9 Å². The summed E-state index contributed by atoms with van der Waals surface area (Å²) in [6, 6.07) is 5.47. The van der Waals surface area contributed by atoms with Gasteiger partial charge in [-0.3, -0.25) is 14.6 Å². The van der Waals surface area contributed by atoms with Gasteiger partial charge in [0.2, 0.25) is 0 Å². The number of hydrogen-bond acceptors (Lipinski definition) is 4. The van der Waals surface area contributed by atoms with Gasteiger partial charge in [0.1, 0.15) is 5.41 Å². The Morgan fingerprint density at radius 1 is 1.14 bits per heavy atom. The Morgan fingerprint density at radius 2 is 1.86 bits per heavy atom. The van der Waals surface area contributed by atoms with Crippen LogP contribution in [0.4, 0.5) is 0 Å². The largest absolute Gasteiger partial charge is 0.454 e. The molecule has 4 nitrogen and oxygen atoms in total. The first-order valence-corrected chi connectivity index (χ1v) is 7.65. The number of carbonyl (C=O) groups excluding carboxylic acids is 2. The average molecular weight is 287 g/mol. The van der Waals surface area contributed by atoms with Crippen LogP contribution in [0.3, 0.4) is 0 Å². The Labute approximate surface area is 124 Å². The normalized spacial score (nSPS) is 27.4. The molecule has 1 aliphatic carbocycles. The van der Waals surface area contributed by atoms with Gasteiger partial charge in [-0.25, -0.2) is 0 Å². The fourth-order valence-electron chi connectivity index (χ4n) is 3.74. The van der Waals surface area contributed by atoms with Crippen molar-refractivity contribution < 1.29 is 14.3 Å². The van der Waals surface area contributed by atoms with E-state index in [1.807, 2.05) is 32.0 Å². The number of rotatable bonds is 1. The summed E-state index contributed by atoms with van der Waals surface area (Å²) in [5, 5.41) is 0. The molecular weight excluding hydrogens is 266 g/mol. The lowest BCUT2D eigenvalue weighted by Crippen LogP contribution is -2.55. The van der Waals surface area contributed by atoms with Crippen molar-refractivity contribution in [1.82, 2.24) is 4.98 Å². The molecular formula is C17H21NO3. The van der Waals surface area contributed by atoms with Crippen LogP contribution in [0.2, 0.25) is 0 Å². The number of carbonyl (C=O) groups is 2. The van der Waals surface area contributed by atoms with Gasteiger partial charge in [-0.1, -0.05) is 25.3 Å². The van der Waals surface area contributed by atoms with Crippen LogP contribution in [0.1, 0.15) is 57.7 Å². The molecule has 1 aromatic heterocycles. The van der Waals surface area contributed by atoms with Gasteiger partial charge in [-0.2, -0.15) is 0 Å². The highest BCUT2D eigenvalue weighted by molar-refractivity contribution is 6.08. The fraction of sp³-hybridized carbons (Fsp3) is 0.588. The predicted octanol–water partition coefficient (Wildman–Crippen LogP) is 3.23. The van der Waals surface area contributed by atoms with Crippen LogP contribution >= 0.6 is 0 Å². The molecule has 21 heavy (non-hydrogen) atoms. The summed E-state index contributed by atoms with van der Waals surface area (Å²) in [7, 11) is 0. The highest BCUT2D eigenvalue weighted by Crippen LogP contribution is 2.52. The van der Waals surface area contributed by atoms with E-state index in [-0.39, 0.29) is 11.8 Å². The monoisotopic (exact) mass is 287 g/mol. The van der Waals surface area contributed by atoms with E-state index in [4.69, 9.17) is 4.74 Å². The second-order valence-electron chi connectivity index (χ2n) is 6.73. The van der Waals surface area contributed by atoms with Gasteiger partial charge in [0.05, 0.1) is 11.1 Å². The topological polar surface area (TPSA) is 56.3 Å². The molecule has 112 valence electrons. The molecule has 0 amide bonds. The van der Waals surface area contributed by atoms with Crippen molar-refractivity contribution in [2.24, 2.45) is 10.8 Å². The van der Waals surface area contributed by atoms with Gasteiger partial charge in [-0.05, 0) is 38.8 Å². The lowest BCUT2D eigenvalue weighted by Gasteiger charge is -2.47. The summed E-state index contributed by atoms with van der Waals surface area (Å²) in [5.74, 6) is -0.316. The zero-order valence-electron chi connectivity index (χ0n) is 12.6. The van der Waals surface area contributed by atoms with E-state index in [9.17, 15) is 9.59 Å². The van der Waals surface area contributed by atoms with Gasteiger partial charge in [0.15, 0.2) is 11.9 Å². The van der Waals surface area contributed by atoms with Gasteiger partial charge < -0.3 is 4.74 Å². The third-order valence-corrected chi connectivity index (χ3v) is 4.95. The number of pyridine rings is 1. The molecule has 3 rings (SSSR count). The van der Waals surface area contributed by atoms with E-state index in [2.05, 4.69) is 4.98 Å². The summed E-state index contributed by atoms with van der Waals surface area (Å²) in [5.41, 5.74) is -0.998. The average Bonchev–Trinajstić information content (AvgIpc) is 2.51. The lowest BCUT2D eigenvalue weighted by molar-refractivity contribution is -0.192. The zero-order chi connectivity index (χ0) is 15.1. The molecule has 0 unspecified atom stereocenters. The number of esters is 1. The first-order chi connectivity index (χ1) is 9.98. The third kappa shape index (κ3) is 2.08. The van der Waals surface area contributed by atoms with E-state index in [0.717, 1.165) is 19.3 Å². The molecule has 1 saturated heterocycles. The minimum Gasteiger partial charge on any atom is -0.454 e. The summed E-state index contributed by atoms with van der Waals surface area (Å²) in [6.07, 6.45) is 5.26. The van der Waals surface area contributed by atoms with Crippen LogP contribution in [0.25, 0.3) is 0 Å². The summed E-state index contributed by atoms with van der Waals surface area (Å²) < 4.78 is 5.73. The van der Waals surface area contributed by atoms with Gasteiger partial charge in [0, 0.05) is 6.20 Å². The molecule has 0 N–H and O–H groups in total. The van der Waals surface area contributed by atoms with Crippen molar-refractivity contribution in [3.05, 3.63) is 30.1 Å². The molecule has 1 saturated carbocycles. The van der Waals surface area contributed by atoms with Crippen molar-refractivity contribution >= 4 is 11.8 Å². The van der Waals surface area contributed by atoms with Crippen molar-refractivity contribution in [3.63, 3.8) is 0 Å². The minimum atomic E-state index is -0.910. The standard InChI is InChI=1S/C17H21NO3/c1-16(2)13(12-8-4-7-11-18-12)21-15(20)17(14(16)19)9-5-3-6-10-17/h4,7-8,11,13H,3,5-6,9-10H2,1-2H3/t13-/m1/s1. The summed E-state index contributed by atoms with van der Waals surface area (Å²) in [4.78, 5) is 29.9. The molecule has 1 spiro atoms. The zero-order valence-corrected chi connectivity index (χ0v) is 12.6. The number of nitrogens with zero attached hydrogens (tertiary/aromatic N) is 1. The smallest absolute Gasteiger partial charge is 0.320 e. The van der Waals surface area contributed by atoms with Gasteiger partial charge in [-0.15, -0.1) is 0 Å². The molecule has 1 atom stereocenters. The molecule has 2 aliphatic rings. The van der Waals surface area contributed by atoms with Crippen LogP contribution in [0.15, 0.2) is 24.4 Å². The maximum absolute atomic E-state index is 13.1. The molecule has 0 aromatic carbocycles. The number of aromatic nitrogens is 1. The second-order valence-corrected chi connectivity index (χ2v) is 6.73. The Kier molecular flexibility index (Phi) is 3.34. The van der Waals surface area contributed by atoms with Crippen LogP contribution in [0, 0.1) is 10.8 Å². The summed E-state index contributed by atoms with van der Waals surface area (Å²) in [6.45, 7) is 3.74. The highest BCUT2D eigenvalue weighted by atomic mass is 16.5. The first kappa shape index (κ1) is 14.2. The number of Topliss-reactive ketones (excluding diaryl/α,β-unsaturated/α-hetero) is 1. The molecule has 1 aliphatic heterocycles. The maximum atomic E-state index is 13.1. The minimum absolute atomic E-state index is 0.0293. The second kappa shape index (κ2) is 4.93. The first-order valence-electron chi connectivity index (χ1n) is 7.65. The van der Waals surface area contributed by atoms with Crippen LogP contribution in [-0.2, 0) is 14.3 Å². The van der Waals surface area contributed by atoms with Crippen molar-refractivity contribution in [1.29, 1.82) is 0 Å². The number of cyclic esters (lactones) is 1. The van der Waals surface area contributed by atoms with Crippen LogP contribution in [0.5, 0.6) is 0 Å². The molecule has 0 bridgehead atoms. The van der Waals surface area contributed by atoms with Crippen LogP contribution in [-0.4, -0.2) is 16.7 Å². The number of ketones is 1. The van der Waals surface area contributed by atoms with E-state index >= 15 is 0 Å². The molecule has 0 radical (unpaired) electrons.